The van der Waals surface area contributed by atoms with Crippen LogP contribution in [0.3, 0.4) is 0 Å². The number of likely N-dealkylation sites (tertiary alicyclic amines) is 1. The van der Waals surface area contributed by atoms with Crippen LogP contribution in [-0.2, 0) is 16.6 Å². The van der Waals surface area contributed by atoms with E-state index >= 15 is 0 Å². The Balaban J connectivity index is 1.72. The third-order valence-corrected chi connectivity index (χ3v) is 6.42. The van der Waals surface area contributed by atoms with Gasteiger partial charge in [-0.1, -0.05) is 12.1 Å². The highest BCUT2D eigenvalue weighted by molar-refractivity contribution is 7.88. The summed E-state index contributed by atoms with van der Waals surface area (Å²) >= 11 is 0. The number of benzene rings is 1. The van der Waals surface area contributed by atoms with Crippen molar-refractivity contribution in [1.29, 1.82) is 0 Å². The van der Waals surface area contributed by atoms with Crippen molar-refractivity contribution in [1.82, 2.24) is 9.21 Å². The van der Waals surface area contributed by atoms with Gasteiger partial charge in [0.05, 0.1) is 17.9 Å². The van der Waals surface area contributed by atoms with E-state index < -0.39 is 21.7 Å². The molecule has 128 valence electrons. The first-order chi connectivity index (χ1) is 10.8. The van der Waals surface area contributed by atoms with Gasteiger partial charge in [-0.3, -0.25) is 4.90 Å². The predicted molar refractivity (Wildman–Crippen MR) is 85.8 cm³/mol. The van der Waals surface area contributed by atoms with Gasteiger partial charge in [0.25, 0.3) is 0 Å². The smallest absolute Gasteiger partial charge is 0.211 e. The molecule has 0 aromatic heterocycles. The standard InChI is InChI=1S/C16H23FN2O3S/c1-23(21,22)19-8-3-6-16(19)7-9-18(12-15(16)20)11-13-4-2-5-14(17)10-13/h2,4-5,10,15,20H,3,6-9,11-12H2,1H3/t15-,16-/m0/s1. The van der Waals surface area contributed by atoms with E-state index in [4.69, 9.17) is 0 Å². The summed E-state index contributed by atoms with van der Waals surface area (Å²) in [6.45, 7) is 2.14. The summed E-state index contributed by atoms with van der Waals surface area (Å²) in [6, 6.07) is 6.44. The Hall–Kier alpha value is -1.02. The van der Waals surface area contributed by atoms with Crippen LogP contribution in [0.5, 0.6) is 0 Å². The summed E-state index contributed by atoms with van der Waals surface area (Å²) in [7, 11) is -3.32. The minimum Gasteiger partial charge on any atom is -0.390 e. The molecule has 2 saturated heterocycles. The summed E-state index contributed by atoms with van der Waals surface area (Å²) < 4.78 is 38.8. The van der Waals surface area contributed by atoms with Crippen molar-refractivity contribution in [2.45, 2.75) is 37.5 Å². The van der Waals surface area contributed by atoms with Crippen LogP contribution in [0.4, 0.5) is 4.39 Å². The van der Waals surface area contributed by atoms with E-state index in [1.807, 2.05) is 6.07 Å². The molecule has 1 N–H and O–H groups in total. The monoisotopic (exact) mass is 342 g/mol. The molecule has 1 spiro atoms. The summed E-state index contributed by atoms with van der Waals surface area (Å²) in [6.07, 6.45) is 2.59. The molecular weight excluding hydrogens is 319 g/mol. The first-order valence-corrected chi connectivity index (χ1v) is 9.79. The van der Waals surface area contributed by atoms with E-state index in [0.29, 0.717) is 39.0 Å². The maximum absolute atomic E-state index is 13.3. The number of nitrogens with zero attached hydrogens (tertiary/aromatic N) is 2. The van der Waals surface area contributed by atoms with E-state index in [0.717, 1.165) is 12.0 Å². The Morgan fingerprint density at radius 1 is 1.35 bits per heavy atom. The molecule has 0 amide bonds. The minimum absolute atomic E-state index is 0.268. The average molecular weight is 342 g/mol. The molecule has 23 heavy (non-hydrogen) atoms. The topological polar surface area (TPSA) is 60.9 Å². The Morgan fingerprint density at radius 2 is 2.13 bits per heavy atom. The third-order valence-electron chi connectivity index (χ3n) is 5.08. The van der Waals surface area contributed by atoms with Gasteiger partial charge in [0.15, 0.2) is 0 Å². The number of hydrogen-bond acceptors (Lipinski definition) is 4. The quantitative estimate of drug-likeness (QED) is 0.896. The van der Waals surface area contributed by atoms with Crippen LogP contribution in [0, 0.1) is 5.82 Å². The molecule has 2 fully saturated rings. The molecule has 2 heterocycles. The van der Waals surface area contributed by atoms with Gasteiger partial charge in [-0.05, 0) is 37.0 Å². The highest BCUT2D eigenvalue weighted by atomic mass is 32.2. The number of hydrogen-bond donors (Lipinski definition) is 1. The summed E-state index contributed by atoms with van der Waals surface area (Å²) in [5.41, 5.74) is 0.200. The second kappa shape index (κ2) is 6.12. The largest absolute Gasteiger partial charge is 0.390 e. The fraction of sp³-hybridized carbons (Fsp3) is 0.625. The van der Waals surface area contributed by atoms with Gasteiger partial charge < -0.3 is 5.11 Å². The van der Waals surface area contributed by atoms with Crippen LogP contribution >= 0.6 is 0 Å². The number of sulfonamides is 1. The third kappa shape index (κ3) is 3.28. The van der Waals surface area contributed by atoms with Gasteiger partial charge in [-0.25, -0.2) is 12.8 Å². The molecule has 0 aliphatic carbocycles. The molecule has 7 heteroatoms. The number of rotatable bonds is 3. The lowest BCUT2D eigenvalue weighted by Gasteiger charge is -2.47. The first-order valence-electron chi connectivity index (χ1n) is 7.94. The summed E-state index contributed by atoms with van der Waals surface area (Å²) in [5, 5.41) is 10.7. The van der Waals surface area contributed by atoms with Gasteiger partial charge >= 0.3 is 0 Å². The second-order valence-electron chi connectivity index (χ2n) is 6.67. The maximum atomic E-state index is 13.3. The lowest BCUT2D eigenvalue weighted by molar-refractivity contribution is -0.0380. The van der Waals surface area contributed by atoms with Crippen molar-refractivity contribution in [3.63, 3.8) is 0 Å². The van der Waals surface area contributed by atoms with Crippen molar-refractivity contribution in [2.75, 3.05) is 25.9 Å². The lowest BCUT2D eigenvalue weighted by atomic mass is 9.83. The van der Waals surface area contributed by atoms with Crippen LogP contribution in [0.2, 0.25) is 0 Å². The second-order valence-corrected chi connectivity index (χ2v) is 8.58. The molecule has 0 radical (unpaired) electrons. The van der Waals surface area contributed by atoms with E-state index in [9.17, 15) is 17.9 Å². The Bertz CT molecular complexity index is 682. The van der Waals surface area contributed by atoms with Crippen LogP contribution in [-0.4, -0.2) is 60.3 Å². The molecule has 1 aromatic rings. The fourth-order valence-electron chi connectivity index (χ4n) is 4.02. The zero-order valence-electron chi connectivity index (χ0n) is 13.3. The molecule has 2 atom stereocenters. The molecule has 5 nitrogen and oxygen atoms in total. The number of piperidine rings is 1. The number of aliphatic hydroxyl groups excluding tert-OH is 1. The molecule has 2 aliphatic rings. The zero-order valence-corrected chi connectivity index (χ0v) is 14.1. The van der Waals surface area contributed by atoms with Gasteiger partial charge in [0.2, 0.25) is 10.0 Å². The van der Waals surface area contributed by atoms with E-state index in [2.05, 4.69) is 4.90 Å². The molecule has 1 aromatic carbocycles. The highest BCUT2D eigenvalue weighted by Gasteiger charge is 2.52. The lowest BCUT2D eigenvalue weighted by Crippen LogP contribution is -2.62. The van der Waals surface area contributed by atoms with E-state index in [1.54, 1.807) is 6.07 Å². The number of aliphatic hydroxyl groups is 1. The van der Waals surface area contributed by atoms with Crippen LogP contribution in [0.25, 0.3) is 0 Å². The van der Waals surface area contributed by atoms with E-state index in [1.165, 1.54) is 22.7 Å². The van der Waals surface area contributed by atoms with Crippen LogP contribution in [0.15, 0.2) is 24.3 Å². The highest BCUT2D eigenvalue weighted by Crippen LogP contribution is 2.40. The van der Waals surface area contributed by atoms with Crippen molar-refractivity contribution >= 4 is 10.0 Å². The molecule has 0 unspecified atom stereocenters. The number of halogens is 1. The summed E-state index contributed by atoms with van der Waals surface area (Å²) in [4.78, 5) is 2.06. The van der Waals surface area contributed by atoms with Gasteiger partial charge in [0, 0.05) is 26.2 Å². The minimum atomic E-state index is -3.32. The Morgan fingerprint density at radius 3 is 2.78 bits per heavy atom. The molecule has 3 rings (SSSR count). The SMILES string of the molecule is CS(=O)(=O)N1CCC[C@@]12CCN(Cc1cccc(F)c1)C[C@@H]2O. The molecule has 0 bridgehead atoms. The van der Waals surface area contributed by atoms with Crippen molar-refractivity contribution in [3.8, 4) is 0 Å². The average Bonchev–Trinajstić information content (AvgIpc) is 2.88. The molecule has 0 saturated carbocycles. The van der Waals surface area contributed by atoms with Gasteiger partial charge in [0.1, 0.15) is 5.82 Å². The van der Waals surface area contributed by atoms with Crippen molar-refractivity contribution < 1.29 is 17.9 Å². The van der Waals surface area contributed by atoms with E-state index in [-0.39, 0.29) is 5.82 Å². The Labute approximate surface area is 136 Å². The van der Waals surface area contributed by atoms with Crippen LogP contribution in [0.1, 0.15) is 24.8 Å². The van der Waals surface area contributed by atoms with Crippen molar-refractivity contribution in [3.05, 3.63) is 35.6 Å². The number of β-amino-alcohol motifs (C(OH)–C–C–N with tert-alkyl or cyclic N) is 1. The normalized spacial score (nSPS) is 30.1. The zero-order chi connectivity index (χ0) is 16.7. The fourth-order valence-corrected chi connectivity index (χ4v) is 5.44. The Kier molecular flexibility index (Phi) is 4.48. The molecule has 2 aliphatic heterocycles. The predicted octanol–water partition coefficient (Wildman–Crippen LogP) is 1.19. The first kappa shape index (κ1) is 16.8. The van der Waals surface area contributed by atoms with Crippen LogP contribution < -0.4 is 0 Å². The summed E-state index contributed by atoms with van der Waals surface area (Å²) in [5.74, 6) is -0.268. The van der Waals surface area contributed by atoms with Crippen molar-refractivity contribution in [2.24, 2.45) is 0 Å². The molecular formula is C16H23FN2O3S. The van der Waals surface area contributed by atoms with Gasteiger partial charge in [-0.15, -0.1) is 0 Å². The van der Waals surface area contributed by atoms with Gasteiger partial charge in [-0.2, -0.15) is 4.31 Å². The maximum Gasteiger partial charge on any atom is 0.211 e.